The zero-order chi connectivity index (χ0) is 34.7. The van der Waals surface area contributed by atoms with Crippen molar-refractivity contribution >= 4 is 19.8 Å². The van der Waals surface area contributed by atoms with Gasteiger partial charge in [0.05, 0.1) is 13.2 Å². The van der Waals surface area contributed by atoms with Crippen LogP contribution in [-0.4, -0.2) is 49.3 Å². The summed E-state index contributed by atoms with van der Waals surface area (Å²) in [5.41, 5.74) is 5.32. The summed E-state index contributed by atoms with van der Waals surface area (Å²) in [5.74, 6) is -0.845. The molecule has 0 aliphatic rings. The molecule has 0 aromatic heterocycles. The fourth-order valence-electron chi connectivity index (χ4n) is 4.96. The summed E-state index contributed by atoms with van der Waals surface area (Å²) >= 11 is 0. The van der Waals surface area contributed by atoms with E-state index in [0.29, 0.717) is 6.42 Å². The van der Waals surface area contributed by atoms with Gasteiger partial charge >= 0.3 is 19.8 Å². The van der Waals surface area contributed by atoms with Gasteiger partial charge in [-0.2, -0.15) is 0 Å². The second kappa shape index (κ2) is 34.4. The zero-order valence-electron chi connectivity index (χ0n) is 30.0. The van der Waals surface area contributed by atoms with E-state index in [2.05, 4.69) is 38.2 Å². The van der Waals surface area contributed by atoms with Crippen molar-refractivity contribution in [3.63, 3.8) is 0 Å². The molecule has 10 heteroatoms. The van der Waals surface area contributed by atoms with Gasteiger partial charge in [0.1, 0.15) is 6.61 Å². The summed E-state index contributed by atoms with van der Waals surface area (Å²) in [6, 6.07) is 0. The fraction of sp³-hybridized carbons (Fsp3) is 0.838. The smallest absolute Gasteiger partial charge is 0.462 e. The Hall–Kier alpha value is -1.51. The van der Waals surface area contributed by atoms with Gasteiger partial charge in [-0.05, 0) is 57.8 Å². The topological polar surface area (TPSA) is 134 Å². The molecule has 0 aliphatic heterocycles. The molecule has 0 aliphatic carbocycles. The Morgan fingerprint density at radius 1 is 0.617 bits per heavy atom. The van der Waals surface area contributed by atoms with Gasteiger partial charge in [-0.15, -0.1) is 0 Å². The number of phosphoric acid groups is 1. The van der Waals surface area contributed by atoms with Gasteiger partial charge in [0.25, 0.3) is 0 Å². The molecule has 0 heterocycles. The second-order valence-electron chi connectivity index (χ2n) is 12.4. The lowest BCUT2D eigenvalue weighted by Gasteiger charge is -2.19. The van der Waals surface area contributed by atoms with E-state index in [0.717, 1.165) is 70.6 Å². The van der Waals surface area contributed by atoms with Crippen molar-refractivity contribution in [3.8, 4) is 0 Å². The average molecular weight is 688 g/mol. The van der Waals surface area contributed by atoms with Gasteiger partial charge in [0.15, 0.2) is 6.10 Å². The summed E-state index contributed by atoms with van der Waals surface area (Å²) in [6.07, 6.45) is 33.5. The molecule has 0 saturated carbocycles. The van der Waals surface area contributed by atoms with Crippen LogP contribution < -0.4 is 5.73 Å². The van der Waals surface area contributed by atoms with Gasteiger partial charge in [-0.25, -0.2) is 4.57 Å². The lowest BCUT2D eigenvalue weighted by atomic mass is 10.1. The lowest BCUT2D eigenvalue weighted by Crippen LogP contribution is -2.29. The number of allylic oxidation sites excluding steroid dienone is 4. The van der Waals surface area contributed by atoms with E-state index in [1.807, 2.05) is 0 Å². The van der Waals surface area contributed by atoms with Crippen LogP contribution in [0, 0.1) is 0 Å². The molecule has 3 N–H and O–H groups in total. The minimum atomic E-state index is -4.37. The van der Waals surface area contributed by atoms with Gasteiger partial charge in [-0.1, -0.05) is 122 Å². The van der Waals surface area contributed by atoms with E-state index in [1.165, 1.54) is 64.2 Å². The molecule has 0 fully saturated rings. The fourth-order valence-corrected chi connectivity index (χ4v) is 5.73. The maximum absolute atomic E-state index is 12.5. The number of ether oxygens (including phenoxy) is 2. The van der Waals surface area contributed by atoms with E-state index in [1.54, 1.807) is 0 Å². The molecule has 0 spiro atoms. The summed E-state index contributed by atoms with van der Waals surface area (Å²) < 4.78 is 32.6. The largest absolute Gasteiger partial charge is 0.472 e. The summed E-state index contributed by atoms with van der Waals surface area (Å²) in [6.45, 7) is 3.65. The third-order valence-electron chi connectivity index (χ3n) is 7.81. The van der Waals surface area contributed by atoms with Gasteiger partial charge in [-0.3, -0.25) is 18.6 Å². The minimum absolute atomic E-state index is 0.0522. The number of phosphoric ester groups is 1. The quantitative estimate of drug-likeness (QED) is 0.0289. The van der Waals surface area contributed by atoms with E-state index in [4.69, 9.17) is 24.3 Å². The van der Waals surface area contributed by atoms with Crippen molar-refractivity contribution in [2.45, 2.75) is 174 Å². The molecule has 9 nitrogen and oxygen atoms in total. The molecule has 2 atom stereocenters. The predicted molar refractivity (Wildman–Crippen MR) is 192 cm³/mol. The summed E-state index contributed by atoms with van der Waals surface area (Å²) in [7, 11) is -4.37. The Morgan fingerprint density at radius 2 is 1.06 bits per heavy atom. The normalized spacial score (nSPS) is 13.7. The number of esters is 2. The first kappa shape index (κ1) is 45.5. The first-order chi connectivity index (χ1) is 22.8. The lowest BCUT2D eigenvalue weighted by molar-refractivity contribution is -0.161. The minimum Gasteiger partial charge on any atom is -0.462 e. The second-order valence-corrected chi connectivity index (χ2v) is 13.9. The first-order valence-electron chi connectivity index (χ1n) is 18.8. The van der Waals surface area contributed by atoms with Crippen LogP contribution in [0.5, 0.6) is 0 Å². The van der Waals surface area contributed by atoms with Gasteiger partial charge < -0.3 is 20.1 Å². The van der Waals surface area contributed by atoms with Crippen LogP contribution in [0.15, 0.2) is 24.3 Å². The molecule has 0 aromatic carbocycles. The number of hydrogen-bond donors (Lipinski definition) is 2. The van der Waals surface area contributed by atoms with Crippen LogP contribution >= 0.6 is 7.82 Å². The van der Waals surface area contributed by atoms with Crippen LogP contribution in [0.1, 0.15) is 168 Å². The van der Waals surface area contributed by atoms with Crippen LogP contribution in [0.3, 0.4) is 0 Å². The van der Waals surface area contributed by atoms with Crippen molar-refractivity contribution in [2.75, 3.05) is 26.4 Å². The van der Waals surface area contributed by atoms with E-state index in [-0.39, 0.29) is 32.6 Å². The van der Waals surface area contributed by atoms with Crippen molar-refractivity contribution in [2.24, 2.45) is 5.73 Å². The Morgan fingerprint density at radius 3 is 1.57 bits per heavy atom. The average Bonchev–Trinajstić information content (AvgIpc) is 3.05. The van der Waals surface area contributed by atoms with Crippen molar-refractivity contribution in [1.82, 2.24) is 0 Å². The SMILES string of the molecule is CCCCC=CCCCCCCCC(=O)OCC(COP(=O)(O)OCCN)OC(=O)CCCCCCCCCC=CCCCCCC. The summed E-state index contributed by atoms with van der Waals surface area (Å²) in [5, 5.41) is 0. The van der Waals surface area contributed by atoms with E-state index < -0.39 is 32.5 Å². The van der Waals surface area contributed by atoms with Crippen molar-refractivity contribution in [3.05, 3.63) is 24.3 Å². The third kappa shape index (κ3) is 34.2. The van der Waals surface area contributed by atoms with Crippen LogP contribution in [-0.2, 0) is 32.7 Å². The van der Waals surface area contributed by atoms with E-state index >= 15 is 0 Å². The number of nitrogens with two attached hydrogens (primary N) is 1. The molecule has 0 aromatic rings. The first-order valence-corrected chi connectivity index (χ1v) is 20.3. The third-order valence-corrected chi connectivity index (χ3v) is 8.79. The van der Waals surface area contributed by atoms with Crippen molar-refractivity contribution < 1.29 is 37.6 Å². The standard InChI is InChI=1S/C37H70NO8P/c1-3-5-7-9-11-13-15-16-17-18-20-22-24-26-28-30-37(40)46-35(34-45-47(41,42)44-32-31-38)33-43-36(39)29-27-25-23-21-19-14-12-10-8-6-4-2/h10,12-13,15,35H,3-9,11,14,16-34,38H2,1-2H3,(H,41,42). The van der Waals surface area contributed by atoms with Gasteiger partial charge in [0.2, 0.25) is 0 Å². The summed E-state index contributed by atoms with van der Waals surface area (Å²) in [4.78, 5) is 34.6. The molecule has 47 heavy (non-hydrogen) atoms. The molecule has 2 unspecified atom stereocenters. The molecule has 0 saturated heterocycles. The highest BCUT2D eigenvalue weighted by Crippen LogP contribution is 2.43. The number of carbonyl (C=O) groups is 2. The Kier molecular flexibility index (Phi) is 33.3. The monoisotopic (exact) mass is 687 g/mol. The van der Waals surface area contributed by atoms with Crippen molar-refractivity contribution in [1.29, 1.82) is 0 Å². The van der Waals surface area contributed by atoms with Crippen LogP contribution in [0.2, 0.25) is 0 Å². The number of carbonyl (C=O) groups excluding carboxylic acids is 2. The van der Waals surface area contributed by atoms with Crippen LogP contribution in [0.25, 0.3) is 0 Å². The zero-order valence-corrected chi connectivity index (χ0v) is 30.9. The van der Waals surface area contributed by atoms with E-state index in [9.17, 15) is 19.0 Å². The van der Waals surface area contributed by atoms with Gasteiger partial charge in [0, 0.05) is 19.4 Å². The highest BCUT2D eigenvalue weighted by Gasteiger charge is 2.25. The molecule has 276 valence electrons. The molecule has 0 rings (SSSR count). The molecule has 0 radical (unpaired) electrons. The highest BCUT2D eigenvalue weighted by molar-refractivity contribution is 7.47. The highest BCUT2D eigenvalue weighted by atomic mass is 31.2. The predicted octanol–water partition coefficient (Wildman–Crippen LogP) is 10.0. The molecular weight excluding hydrogens is 617 g/mol. The number of rotatable bonds is 35. The maximum Gasteiger partial charge on any atom is 0.472 e. The molecule has 0 amide bonds. The Balaban J connectivity index is 4.24. The molecule has 0 bridgehead atoms. The van der Waals surface area contributed by atoms with Crippen LogP contribution in [0.4, 0.5) is 0 Å². The maximum atomic E-state index is 12.5. The Bertz CT molecular complexity index is 835. The number of hydrogen-bond acceptors (Lipinski definition) is 8. The molecular formula is C37H70NO8P. The number of unbranched alkanes of at least 4 members (excludes halogenated alkanes) is 18. The Labute approximate surface area is 287 Å².